The van der Waals surface area contributed by atoms with Crippen molar-refractivity contribution in [1.29, 1.82) is 0 Å². The largest absolute Gasteiger partial charge is 0.364 e. The van der Waals surface area contributed by atoms with Crippen molar-refractivity contribution in [2.45, 2.75) is 33.2 Å². The zero-order valence-electron chi connectivity index (χ0n) is 9.49. The highest BCUT2D eigenvalue weighted by Crippen LogP contribution is 2.13. The van der Waals surface area contributed by atoms with Gasteiger partial charge in [-0.15, -0.1) is 0 Å². The molecule has 0 spiro atoms. The lowest BCUT2D eigenvalue weighted by Crippen LogP contribution is -2.17. The van der Waals surface area contributed by atoms with E-state index in [1.54, 1.807) is 10.9 Å². The average Bonchev–Trinajstić information content (AvgIpc) is 2.61. The van der Waals surface area contributed by atoms with Crippen LogP contribution in [-0.4, -0.2) is 21.6 Å². The van der Waals surface area contributed by atoms with E-state index in [1.165, 1.54) is 0 Å². The molecule has 0 atom stereocenters. The van der Waals surface area contributed by atoms with Crippen molar-refractivity contribution in [2.75, 3.05) is 5.32 Å². The number of anilines is 1. The van der Waals surface area contributed by atoms with Crippen molar-refractivity contribution < 1.29 is 9.59 Å². The maximum Gasteiger partial charge on any atom is 0.271 e. The van der Waals surface area contributed by atoms with Gasteiger partial charge in [-0.25, -0.2) is 0 Å². The van der Waals surface area contributed by atoms with Crippen LogP contribution in [-0.2, 0) is 11.3 Å². The van der Waals surface area contributed by atoms with Gasteiger partial charge >= 0.3 is 0 Å². The normalized spacial score (nSPS) is 10.1. The molecule has 6 heteroatoms. The van der Waals surface area contributed by atoms with Gasteiger partial charge in [-0.05, 0) is 13.3 Å². The number of amides is 2. The molecule has 0 fully saturated rings. The maximum absolute atomic E-state index is 11.4. The summed E-state index contributed by atoms with van der Waals surface area (Å²) in [5.74, 6) is -0.778. The van der Waals surface area contributed by atoms with Crippen LogP contribution >= 0.6 is 0 Å². The van der Waals surface area contributed by atoms with E-state index in [-0.39, 0.29) is 11.6 Å². The first-order valence-electron chi connectivity index (χ1n) is 5.25. The number of hydrogen-bond acceptors (Lipinski definition) is 3. The molecule has 0 saturated carbocycles. The number of nitrogens with one attached hydrogen (secondary N) is 1. The number of carbonyl (C=O) groups is 2. The van der Waals surface area contributed by atoms with E-state index in [0.717, 1.165) is 6.42 Å². The van der Waals surface area contributed by atoms with Crippen molar-refractivity contribution in [3.05, 3.63) is 11.9 Å². The molecule has 0 bridgehead atoms. The molecule has 1 aromatic heterocycles. The van der Waals surface area contributed by atoms with Crippen molar-refractivity contribution in [1.82, 2.24) is 9.78 Å². The van der Waals surface area contributed by atoms with Crippen LogP contribution in [0.15, 0.2) is 6.20 Å². The van der Waals surface area contributed by atoms with Gasteiger partial charge in [0.1, 0.15) is 0 Å². The summed E-state index contributed by atoms with van der Waals surface area (Å²) in [7, 11) is 0. The Morgan fingerprint density at radius 1 is 1.50 bits per heavy atom. The quantitative estimate of drug-likeness (QED) is 0.772. The number of aromatic nitrogens is 2. The van der Waals surface area contributed by atoms with Gasteiger partial charge in [-0.2, -0.15) is 5.10 Å². The minimum absolute atomic E-state index is 0.103. The zero-order chi connectivity index (χ0) is 12.1. The molecule has 0 unspecified atom stereocenters. The van der Waals surface area contributed by atoms with E-state index in [4.69, 9.17) is 5.73 Å². The Kier molecular flexibility index (Phi) is 4.04. The summed E-state index contributed by atoms with van der Waals surface area (Å²) in [6.07, 6.45) is 2.77. The van der Waals surface area contributed by atoms with Gasteiger partial charge in [0.25, 0.3) is 5.91 Å². The predicted octanol–water partition coefficient (Wildman–Crippen LogP) is 0.740. The molecular weight excluding hydrogens is 208 g/mol. The fourth-order valence-electron chi connectivity index (χ4n) is 1.30. The number of aryl methyl sites for hydroxylation is 1. The highest BCUT2D eigenvalue weighted by Gasteiger charge is 2.15. The summed E-state index contributed by atoms with van der Waals surface area (Å²) in [6.45, 7) is 4.41. The first-order valence-corrected chi connectivity index (χ1v) is 5.25. The van der Waals surface area contributed by atoms with E-state index in [9.17, 15) is 9.59 Å². The minimum atomic E-state index is -0.640. The van der Waals surface area contributed by atoms with Crippen LogP contribution in [0.4, 0.5) is 5.69 Å². The molecule has 1 rings (SSSR count). The summed E-state index contributed by atoms with van der Waals surface area (Å²) in [5, 5.41) is 6.59. The summed E-state index contributed by atoms with van der Waals surface area (Å²) in [4.78, 5) is 22.5. The number of nitrogens with zero attached hydrogens (tertiary/aromatic N) is 2. The second-order valence-electron chi connectivity index (χ2n) is 3.41. The van der Waals surface area contributed by atoms with Gasteiger partial charge in [-0.3, -0.25) is 14.3 Å². The summed E-state index contributed by atoms with van der Waals surface area (Å²) >= 11 is 0. The van der Waals surface area contributed by atoms with Gasteiger partial charge in [-0.1, -0.05) is 6.92 Å². The van der Waals surface area contributed by atoms with Crippen LogP contribution < -0.4 is 11.1 Å². The van der Waals surface area contributed by atoms with Gasteiger partial charge in [0.2, 0.25) is 5.91 Å². The number of hydrogen-bond donors (Lipinski definition) is 2. The fourth-order valence-corrected chi connectivity index (χ4v) is 1.30. The number of primary amides is 1. The molecule has 0 aliphatic heterocycles. The van der Waals surface area contributed by atoms with E-state index < -0.39 is 5.91 Å². The first kappa shape index (κ1) is 12.2. The third-order valence-electron chi connectivity index (χ3n) is 2.07. The molecular formula is C10H16N4O2. The lowest BCUT2D eigenvalue weighted by Gasteiger charge is -2.01. The SMILES string of the molecule is CCCC(=O)Nc1cn(CC)nc1C(N)=O. The highest BCUT2D eigenvalue weighted by molar-refractivity contribution is 6.01. The molecule has 0 radical (unpaired) electrons. The smallest absolute Gasteiger partial charge is 0.271 e. The van der Waals surface area contributed by atoms with Gasteiger partial charge < -0.3 is 11.1 Å². The summed E-state index contributed by atoms with van der Waals surface area (Å²) in [5.41, 5.74) is 5.65. The van der Waals surface area contributed by atoms with Crippen LogP contribution in [0.3, 0.4) is 0 Å². The summed E-state index contributed by atoms with van der Waals surface area (Å²) < 4.78 is 1.56. The molecule has 2 amide bonds. The maximum atomic E-state index is 11.4. The number of nitrogens with two attached hydrogens (primary N) is 1. The Labute approximate surface area is 93.8 Å². The summed E-state index contributed by atoms with van der Waals surface area (Å²) in [6, 6.07) is 0. The van der Waals surface area contributed by atoms with Crippen molar-refractivity contribution >= 4 is 17.5 Å². The van der Waals surface area contributed by atoms with Crippen LogP contribution in [0.5, 0.6) is 0 Å². The second kappa shape index (κ2) is 5.29. The van der Waals surface area contributed by atoms with Gasteiger partial charge in [0, 0.05) is 19.2 Å². The predicted molar refractivity (Wildman–Crippen MR) is 60.0 cm³/mol. The van der Waals surface area contributed by atoms with Crippen molar-refractivity contribution in [2.24, 2.45) is 5.73 Å². The van der Waals surface area contributed by atoms with E-state index in [2.05, 4.69) is 10.4 Å². The molecule has 1 heterocycles. The number of carbonyl (C=O) groups excluding carboxylic acids is 2. The topological polar surface area (TPSA) is 90.0 Å². The molecule has 1 aromatic rings. The van der Waals surface area contributed by atoms with Crippen LogP contribution in [0, 0.1) is 0 Å². The Bertz CT molecular complexity index is 398. The van der Waals surface area contributed by atoms with E-state index >= 15 is 0 Å². The first-order chi connectivity index (χ1) is 7.58. The monoisotopic (exact) mass is 224 g/mol. The van der Waals surface area contributed by atoms with E-state index in [0.29, 0.717) is 18.7 Å². The minimum Gasteiger partial charge on any atom is -0.364 e. The van der Waals surface area contributed by atoms with Crippen molar-refractivity contribution in [3.8, 4) is 0 Å². The Morgan fingerprint density at radius 2 is 2.19 bits per heavy atom. The number of rotatable bonds is 5. The molecule has 6 nitrogen and oxygen atoms in total. The molecule has 0 aliphatic carbocycles. The van der Waals surface area contributed by atoms with Gasteiger partial charge in [0.05, 0.1) is 5.69 Å². The van der Waals surface area contributed by atoms with E-state index in [1.807, 2.05) is 13.8 Å². The Morgan fingerprint density at radius 3 is 2.69 bits per heavy atom. The van der Waals surface area contributed by atoms with Crippen LogP contribution in [0.2, 0.25) is 0 Å². The standard InChI is InChI=1S/C10H16N4O2/c1-3-5-8(15)12-7-6-14(4-2)13-9(7)10(11)16/h6H,3-5H2,1-2H3,(H2,11,16)(H,12,15). The third-order valence-corrected chi connectivity index (χ3v) is 2.07. The van der Waals surface area contributed by atoms with Crippen LogP contribution in [0.1, 0.15) is 37.2 Å². The van der Waals surface area contributed by atoms with Crippen molar-refractivity contribution in [3.63, 3.8) is 0 Å². The third kappa shape index (κ3) is 2.82. The average molecular weight is 224 g/mol. The zero-order valence-corrected chi connectivity index (χ0v) is 9.49. The van der Waals surface area contributed by atoms with Gasteiger partial charge in [0.15, 0.2) is 5.69 Å². The fraction of sp³-hybridized carbons (Fsp3) is 0.500. The lowest BCUT2D eigenvalue weighted by atomic mass is 10.3. The molecule has 0 aromatic carbocycles. The second-order valence-corrected chi connectivity index (χ2v) is 3.41. The molecule has 3 N–H and O–H groups in total. The molecule has 0 saturated heterocycles. The molecule has 16 heavy (non-hydrogen) atoms. The Hall–Kier alpha value is -1.85. The lowest BCUT2D eigenvalue weighted by molar-refractivity contribution is -0.116. The molecule has 0 aliphatic rings. The molecule has 88 valence electrons. The highest BCUT2D eigenvalue weighted by atomic mass is 16.2. The van der Waals surface area contributed by atoms with Crippen LogP contribution in [0.25, 0.3) is 0 Å². The Balaban J connectivity index is 2.89.